The van der Waals surface area contributed by atoms with Crippen LogP contribution < -0.4 is 5.32 Å². The Labute approximate surface area is 423 Å². The van der Waals surface area contributed by atoms with Gasteiger partial charge in [0.1, 0.15) is 73.2 Å². The summed E-state index contributed by atoms with van der Waals surface area (Å²) in [4.78, 5) is 13.1. The number of carbonyl (C=O) groups excluding carboxylic acids is 1. The van der Waals surface area contributed by atoms with Crippen LogP contribution in [0.25, 0.3) is 0 Å². The van der Waals surface area contributed by atoms with Crippen molar-refractivity contribution in [1.29, 1.82) is 0 Å². The lowest BCUT2D eigenvalue weighted by atomic mass is 9.96. The van der Waals surface area contributed by atoms with E-state index in [9.17, 15) is 61.0 Å². The number of carbonyl (C=O) groups is 1. The molecule has 0 saturated carbocycles. The number of amides is 1. The van der Waals surface area contributed by atoms with Crippen molar-refractivity contribution >= 4 is 5.91 Å². The third-order valence-electron chi connectivity index (χ3n) is 14.1. The van der Waals surface area contributed by atoms with Gasteiger partial charge >= 0.3 is 0 Å². The van der Waals surface area contributed by atoms with E-state index in [0.29, 0.717) is 19.3 Å². The molecular formula is C52H97NO18. The molecule has 71 heavy (non-hydrogen) atoms. The summed E-state index contributed by atoms with van der Waals surface area (Å²) in [7, 11) is 0. The third kappa shape index (κ3) is 22.7. The quantitative estimate of drug-likeness (QED) is 0.0311. The Bertz CT molecular complexity index is 1360. The fraction of sp³-hybridized carbons (Fsp3) is 0.942. The number of ether oxygens (including phenoxy) is 6. The topological polar surface area (TPSA) is 307 Å². The molecule has 3 aliphatic heterocycles. The van der Waals surface area contributed by atoms with Gasteiger partial charge in [0.25, 0.3) is 0 Å². The molecule has 3 heterocycles. The zero-order valence-corrected chi connectivity index (χ0v) is 43.0. The van der Waals surface area contributed by atoms with Crippen LogP contribution in [0.5, 0.6) is 0 Å². The number of nitrogens with one attached hydrogen (secondary N) is 1. The van der Waals surface area contributed by atoms with Crippen molar-refractivity contribution < 1.29 is 89.4 Å². The maximum absolute atomic E-state index is 13.1. The van der Waals surface area contributed by atoms with E-state index in [4.69, 9.17) is 28.4 Å². The first-order valence-electron chi connectivity index (χ1n) is 27.4. The normalized spacial score (nSPS) is 32.3. The highest BCUT2D eigenvalue weighted by molar-refractivity contribution is 5.76. The Morgan fingerprint density at radius 1 is 0.493 bits per heavy atom. The zero-order chi connectivity index (χ0) is 52.0. The molecule has 12 N–H and O–H groups in total. The summed E-state index contributed by atoms with van der Waals surface area (Å²) in [6, 6.07) is -0.879. The average Bonchev–Trinajstić information content (AvgIpc) is 3.36. The van der Waals surface area contributed by atoms with E-state index in [1.54, 1.807) is 0 Å². The average molecular weight is 1020 g/mol. The second-order valence-corrected chi connectivity index (χ2v) is 20.0. The van der Waals surface area contributed by atoms with Crippen molar-refractivity contribution in [3.8, 4) is 0 Å². The first kappa shape index (κ1) is 63.8. The van der Waals surface area contributed by atoms with Crippen LogP contribution in [-0.4, -0.2) is 193 Å². The monoisotopic (exact) mass is 1020 g/mol. The van der Waals surface area contributed by atoms with E-state index in [2.05, 4.69) is 24.4 Å². The summed E-state index contributed by atoms with van der Waals surface area (Å²) in [5.41, 5.74) is 0. The molecule has 0 aromatic carbocycles. The number of hydrogen-bond donors (Lipinski definition) is 12. The van der Waals surface area contributed by atoms with Crippen LogP contribution in [-0.2, 0) is 33.2 Å². The fourth-order valence-corrected chi connectivity index (χ4v) is 9.48. The van der Waals surface area contributed by atoms with Crippen LogP contribution in [0.2, 0.25) is 0 Å². The van der Waals surface area contributed by atoms with Gasteiger partial charge in [0.2, 0.25) is 5.91 Å². The number of unbranched alkanes of at least 4 members (excludes halogenated alkanes) is 21. The van der Waals surface area contributed by atoms with Gasteiger partial charge in [-0.3, -0.25) is 4.79 Å². The molecular weight excluding hydrogens is 927 g/mol. The van der Waals surface area contributed by atoms with Gasteiger partial charge in [-0.2, -0.15) is 0 Å². The number of aliphatic hydroxyl groups excluding tert-OH is 11. The standard InChI is InChI=1S/C52H97NO18/c1-3-5-7-8-9-10-11-12-13-14-15-16-17-18-19-20-21-22-23-24-25-26-28-30-40(58)53-35(36(57)29-27-6-4-2)34-66-50-46(64)43(61)48(38(32-55)68-50)71-52-47(65)44(62)49(39(33-56)69-52)70-51-45(63)42(60)41(59)37(31-54)67-51/h14-15,35-39,41-52,54-57,59-65H,3-13,16-34H2,1-2H3,(H,53,58)/b15-14-. The number of aliphatic hydroxyl groups is 11. The molecule has 3 saturated heterocycles. The molecule has 0 aromatic heterocycles. The Balaban J connectivity index is 1.37. The van der Waals surface area contributed by atoms with Crippen molar-refractivity contribution in [2.24, 2.45) is 0 Å². The summed E-state index contributed by atoms with van der Waals surface area (Å²) < 4.78 is 34.0. The summed E-state index contributed by atoms with van der Waals surface area (Å²) >= 11 is 0. The summed E-state index contributed by atoms with van der Waals surface area (Å²) in [6.07, 6.45) is 7.29. The first-order valence-corrected chi connectivity index (χ1v) is 27.4. The number of allylic oxidation sites excluding steroid dienone is 2. The molecule has 0 radical (unpaired) electrons. The Morgan fingerprint density at radius 3 is 1.37 bits per heavy atom. The van der Waals surface area contributed by atoms with Gasteiger partial charge < -0.3 is 89.9 Å². The highest BCUT2D eigenvalue weighted by Gasteiger charge is 2.53. The van der Waals surface area contributed by atoms with Crippen molar-refractivity contribution in [2.75, 3.05) is 26.4 Å². The first-order chi connectivity index (χ1) is 34.3. The maximum atomic E-state index is 13.1. The summed E-state index contributed by atoms with van der Waals surface area (Å²) in [6.45, 7) is 1.59. The van der Waals surface area contributed by atoms with E-state index >= 15 is 0 Å². The van der Waals surface area contributed by atoms with E-state index in [-0.39, 0.29) is 18.9 Å². The highest BCUT2D eigenvalue weighted by atomic mass is 16.8. The maximum Gasteiger partial charge on any atom is 0.220 e. The van der Waals surface area contributed by atoms with Crippen molar-refractivity contribution in [1.82, 2.24) is 5.32 Å². The molecule has 1 amide bonds. The van der Waals surface area contributed by atoms with Crippen LogP contribution in [0, 0.1) is 0 Å². The van der Waals surface area contributed by atoms with Crippen molar-refractivity contribution in [2.45, 2.75) is 285 Å². The zero-order valence-electron chi connectivity index (χ0n) is 43.0. The van der Waals surface area contributed by atoms with Gasteiger partial charge in [0.05, 0.1) is 38.6 Å². The smallest absolute Gasteiger partial charge is 0.220 e. The molecule has 17 unspecified atom stereocenters. The Kier molecular flexibility index (Phi) is 33.5. The van der Waals surface area contributed by atoms with Crippen LogP contribution in [0.1, 0.15) is 181 Å². The fourth-order valence-electron chi connectivity index (χ4n) is 9.48. The van der Waals surface area contributed by atoms with Crippen LogP contribution in [0.15, 0.2) is 12.2 Å². The van der Waals surface area contributed by atoms with Crippen molar-refractivity contribution in [3.63, 3.8) is 0 Å². The molecule has 418 valence electrons. The summed E-state index contributed by atoms with van der Waals surface area (Å²) in [5.74, 6) is -0.255. The minimum atomic E-state index is -1.97. The third-order valence-corrected chi connectivity index (χ3v) is 14.1. The molecule has 17 atom stereocenters. The molecule has 3 aliphatic rings. The lowest BCUT2D eigenvalue weighted by molar-refractivity contribution is -0.379. The lowest BCUT2D eigenvalue weighted by Crippen LogP contribution is -2.66. The van der Waals surface area contributed by atoms with Gasteiger partial charge in [-0.1, -0.05) is 148 Å². The van der Waals surface area contributed by atoms with Crippen LogP contribution in [0.4, 0.5) is 0 Å². The van der Waals surface area contributed by atoms with Crippen LogP contribution >= 0.6 is 0 Å². The minimum Gasteiger partial charge on any atom is -0.394 e. The molecule has 0 aromatic rings. The largest absolute Gasteiger partial charge is 0.394 e. The minimum absolute atomic E-state index is 0.255. The predicted octanol–water partition coefficient (Wildman–Crippen LogP) is 3.04. The lowest BCUT2D eigenvalue weighted by Gasteiger charge is -2.48. The second kappa shape index (κ2) is 37.3. The van der Waals surface area contributed by atoms with Gasteiger partial charge in [0, 0.05) is 6.42 Å². The van der Waals surface area contributed by atoms with Gasteiger partial charge in [0.15, 0.2) is 18.9 Å². The van der Waals surface area contributed by atoms with Gasteiger partial charge in [-0.05, 0) is 38.5 Å². The van der Waals surface area contributed by atoms with E-state index in [0.717, 1.165) is 32.1 Å². The van der Waals surface area contributed by atoms with Crippen molar-refractivity contribution in [3.05, 3.63) is 12.2 Å². The predicted molar refractivity (Wildman–Crippen MR) is 263 cm³/mol. The van der Waals surface area contributed by atoms with Gasteiger partial charge in [-0.15, -0.1) is 0 Å². The number of rotatable bonds is 39. The SMILES string of the molecule is CCCCCCCCCC/C=C\CCCCCCCCCCCCCC(=O)NC(COC1OC(CO)C(OC2OC(CO)C(OC3OC(CO)C(O)C(O)C3O)C(O)C2O)C(O)C1O)C(O)CCCCC. The van der Waals surface area contributed by atoms with Crippen LogP contribution in [0.3, 0.4) is 0 Å². The highest BCUT2D eigenvalue weighted by Crippen LogP contribution is 2.33. The Hall–Kier alpha value is -1.47. The molecule has 0 bridgehead atoms. The Morgan fingerprint density at radius 2 is 0.887 bits per heavy atom. The molecule has 19 heteroatoms. The summed E-state index contributed by atoms with van der Waals surface area (Å²) in [5, 5.41) is 119. The molecule has 19 nitrogen and oxygen atoms in total. The van der Waals surface area contributed by atoms with E-state index in [1.165, 1.54) is 109 Å². The second-order valence-electron chi connectivity index (χ2n) is 20.0. The molecule has 3 rings (SSSR count). The van der Waals surface area contributed by atoms with E-state index in [1.807, 2.05) is 6.92 Å². The molecule has 3 fully saturated rings. The van der Waals surface area contributed by atoms with Gasteiger partial charge in [-0.25, -0.2) is 0 Å². The van der Waals surface area contributed by atoms with E-state index < -0.39 is 124 Å². The molecule has 0 spiro atoms. The molecule has 0 aliphatic carbocycles. The number of hydrogen-bond acceptors (Lipinski definition) is 18.